The lowest BCUT2D eigenvalue weighted by Gasteiger charge is -2.10. The second-order valence-electron chi connectivity index (χ2n) is 4.88. The van der Waals surface area contributed by atoms with Gasteiger partial charge < -0.3 is 5.11 Å². The van der Waals surface area contributed by atoms with Crippen molar-refractivity contribution >= 4 is 11.3 Å². The van der Waals surface area contributed by atoms with Crippen molar-refractivity contribution in [1.29, 1.82) is 0 Å². The molecule has 0 spiro atoms. The molecule has 1 nitrogen and oxygen atoms in total. The minimum absolute atomic E-state index is 0.114. The molecule has 1 aliphatic rings. The Labute approximate surface area is 114 Å². The van der Waals surface area contributed by atoms with Crippen molar-refractivity contribution in [1.82, 2.24) is 0 Å². The van der Waals surface area contributed by atoms with Crippen LogP contribution in [0.4, 0.5) is 8.78 Å². The molecule has 0 saturated carbocycles. The van der Waals surface area contributed by atoms with Gasteiger partial charge in [0, 0.05) is 16.2 Å². The van der Waals surface area contributed by atoms with Crippen LogP contribution in [0.3, 0.4) is 0 Å². The van der Waals surface area contributed by atoms with E-state index < -0.39 is 17.7 Å². The highest BCUT2D eigenvalue weighted by Gasteiger charge is 2.20. The summed E-state index contributed by atoms with van der Waals surface area (Å²) >= 11 is 1.59. The summed E-state index contributed by atoms with van der Waals surface area (Å²) in [5.41, 5.74) is 1.53. The maximum Gasteiger partial charge on any atom is 0.162 e. The molecule has 2 aromatic rings. The van der Waals surface area contributed by atoms with E-state index in [1.807, 2.05) is 6.07 Å². The highest BCUT2D eigenvalue weighted by molar-refractivity contribution is 7.12. The first-order chi connectivity index (χ1) is 9.15. The van der Waals surface area contributed by atoms with E-state index >= 15 is 0 Å². The first-order valence-electron chi connectivity index (χ1n) is 6.37. The summed E-state index contributed by atoms with van der Waals surface area (Å²) in [6.07, 6.45) is 2.67. The number of hydrogen-bond donors (Lipinski definition) is 1. The molecule has 0 radical (unpaired) electrons. The molecule has 1 unspecified atom stereocenters. The van der Waals surface area contributed by atoms with Crippen LogP contribution in [0.15, 0.2) is 24.3 Å². The molecule has 4 heteroatoms. The van der Waals surface area contributed by atoms with Gasteiger partial charge in [-0.3, -0.25) is 0 Å². The number of benzene rings is 1. The molecule has 1 atom stereocenters. The summed E-state index contributed by atoms with van der Waals surface area (Å²) in [6.45, 7) is 0. The first-order valence-corrected chi connectivity index (χ1v) is 7.19. The largest absolute Gasteiger partial charge is 0.387 e. The zero-order valence-corrected chi connectivity index (χ0v) is 11.1. The number of halogens is 2. The monoisotopic (exact) mass is 280 g/mol. The quantitative estimate of drug-likeness (QED) is 0.907. The molecule has 0 bridgehead atoms. The summed E-state index contributed by atoms with van der Waals surface area (Å²) in [5, 5.41) is 10.2. The van der Waals surface area contributed by atoms with Crippen molar-refractivity contribution in [3.63, 3.8) is 0 Å². The van der Waals surface area contributed by atoms with Crippen molar-refractivity contribution in [2.75, 3.05) is 0 Å². The predicted molar refractivity (Wildman–Crippen MR) is 71.4 cm³/mol. The van der Waals surface area contributed by atoms with Crippen LogP contribution in [-0.2, 0) is 19.3 Å². The molecule has 0 amide bonds. The SMILES string of the molecule is OC(Cc1cccc(F)c1F)c1cc2c(s1)CCC2. The van der Waals surface area contributed by atoms with Gasteiger partial charge >= 0.3 is 0 Å². The van der Waals surface area contributed by atoms with E-state index in [0.717, 1.165) is 23.8 Å². The van der Waals surface area contributed by atoms with E-state index in [1.165, 1.54) is 29.0 Å². The Morgan fingerprint density at radius 1 is 1.26 bits per heavy atom. The average Bonchev–Trinajstić information content (AvgIpc) is 2.95. The van der Waals surface area contributed by atoms with Crippen LogP contribution < -0.4 is 0 Å². The van der Waals surface area contributed by atoms with Gasteiger partial charge in [-0.05, 0) is 42.5 Å². The lowest BCUT2D eigenvalue weighted by molar-refractivity contribution is 0.180. The lowest BCUT2D eigenvalue weighted by atomic mass is 10.1. The molecule has 1 N–H and O–H groups in total. The fourth-order valence-corrected chi connectivity index (χ4v) is 3.77. The number of aliphatic hydroxyl groups excluding tert-OH is 1. The minimum atomic E-state index is -0.863. The van der Waals surface area contributed by atoms with E-state index in [2.05, 4.69) is 0 Å². The van der Waals surface area contributed by atoms with Gasteiger partial charge in [0.1, 0.15) is 0 Å². The number of rotatable bonds is 3. The van der Waals surface area contributed by atoms with Crippen LogP contribution in [0.2, 0.25) is 0 Å². The van der Waals surface area contributed by atoms with E-state index in [-0.39, 0.29) is 12.0 Å². The molecular formula is C15H14F2OS. The predicted octanol–water partition coefficient (Wildman–Crippen LogP) is 3.79. The van der Waals surface area contributed by atoms with Crippen molar-refractivity contribution in [3.05, 3.63) is 56.8 Å². The zero-order valence-electron chi connectivity index (χ0n) is 10.3. The van der Waals surface area contributed by atoms with Crippen LogP contribution in [0, 0.1) is 11.6 Å². The van der Waals surface area contributed by atoms with Crippen molar-refractivity contribution in [2.45, 2.75) is 31.8 Å². The van der Waals surface area contributed by atoms with E-state index in [4.69, 9.17) is 0 Å². The Morgan fingerprint density at radius 2 is 2.11 bits per heavy atom. The van der Waals surface area contributed by atoms with Crippen molar-refractivity contribution < 1.29 is 13.9 Å². The Morgan fingerprint density at radius 3 is 2.89 bits per heavy atom. The normalized spacial score (nSPS) is 15.5. The second kappa shape index (κ2) is 5.02. The van der Waals surface area contributed by atoms with Crippen LogP contribution in [0.25, 0.3) is 0 Å². The molecule has 100 valence electrons. The molecule has 1 aliphatic carbocycles. The van der Waals surface area contributed by atoms with Crippen molar-refractivity contribution in [3.8, 4) is 0 Å². The standard InChI is InChI=1S/C15H14F2OS/c16-11-5-1-4-10(15(11)17)7-12(18)14-8-9-3-2-6-13(9)19-14/h1,4-5,8,12,18H,2-3,6-7H2. The molecule has 1 heterocycles. The molecule has 1 aromatic heterocycles. The Bertz CT molecular complexity index is 585. The Balaban J connectivity index is 1.80. The molecule has 0 saturated heterocycles. The van der Waals surface area contributed by atoms with Crippen LogP contribution in [0.5, 0.6) is 0 Å². The molecule has 1 aromatic carbocycles. The van der Waals surface area contributed by atoms with Crippen LogP contribution in [0.1, 0.15) is 33.4 Å². The summed E-state index contributed by atoms with van der Waals surface area (Å²) in [6, 6.07) is 6.08. The maximum absolute atomic E-state index is 13.6. The summed E-state index contributed by atoms with van der Waals surface area (Å²) in [5.74, 6) is -1.72. The summed E-state index contributed by atoms with van der Waals surface area (Å²) in [7, 11) is 0. The van der Waals surface area contributed by atoms with Crippen LogP contribution >= 0.6 is 11.3 Å². The van der Waals surface area contributed by atoms with E-state index in [0.29, 0.717) is 0 Å². The lowest BCUT2D eigenvalue weighted by Crippen LogP contribution is -2.03. The average molecular weight is 280 g/mol. The number of fused-ring (bicyclic) bond motifs is 1. The van der Waals surface area contributed by atoms with Gasteiger partial charge in [-0.2, -0.15) is 0 Å². The molecule has 0 aliphatic heterocycles. The highest BCUT2D eigenvalue weighted by Crippen LogP contribution is 2.35. The summed E-state index contributed by atoms with van der Waals surface area (Å²) in [4.78, 5) is 2.18. The Kier molecular flexibility index (Phi) is 3.37. The third kappa shape index (κ3) is 2.42. The molecule has 0 fully saturated rings. The van der Waals surface area contributed by atoms with Gasteiger partial charge in [-0.1, -0.05) is 12.1 Å². The molecule has 19 heavy (non-hydrogen) atoms. The van der Waals surface area contributed by atoms with Gasteiger partial charge in [0.15, 0.2) is 11.6 Å². The number of hydrogen-bond acceptors (Lipinski definition) is 2. The number of thiophene rings is 1. The Hall–Kier alpha value is -1.26. The molecular weight excluding hydrogens is 266 g/mol. The minimum Gasteiger partial charge on any atom is -0.387 e. The maximum atomic E-state index is 13.6. The third-order valence-electron chi connectivity index (χ3n) is 3.54. The summed E-state index contributed by atoms with van der Waals surface area (Å²) < 4.78 is 26.7. The topological polar surface area (TPSA) is 20.2 Å². The fourth-order valence-electron chi connectivity index (χ4n) is 2.53. The second-order valence-corrected chi connectivity index (χ2v) is 6.05. The van der Waals surface area contributed by atoms with Gasteiger partial charge in [-0.25, -0.2) is 8.78 Å². The fraction of sp³-hybridized carbons (Fsp3) is 0.333. The zero-order chi connectivity index (χ0) is 13.4. The number of aryl methyl sites for hydroxylation is 2. The smallest absolute Gasteiger partial charge is 0.162 e. The van der Waals surface area contributed by atoms with Crippen molar-refractivity contribution in [2.24, 2.45) is 0 Å². The molecule has 3 rings (SSSR count). The van der Waals surface area contributed by atoms with E-state index in [1.54, 1.807) is 11.3 Å². The highest BCUT2D eigenvalue weighted by atomic mass is 32.1. The van der Waals surface area contributed by atoms with Gasteiger partial charge in [0.25, 0.3) is 0 Å². The van der Waals surface area contributed by atoms with Gasteiger partial charge in [-0.15, -0.1) is 11.3 Å². The van der Waals surface area contributed by atoms with E-state index in [9.17, 15) is 13.9 Å². The van der Waals surface area contributed by atoms with Crippen LogP contribution in [-0.4, -0.2) is 5.11 Å². The van der Waals surface area contributed by atoms with Gasteiger partial charge in [0.05, 0.1) is 6.10 Å². The van der Waals surface area contributed by atoms with Gasteiger partial charge in [0.2, 0.25) is 0 Å². The first kappa shape index (κ1) is 12.8. The number of aliphatic hydroxyl groups is 1. The third-order valence-corrected chi connectivity index (χ3v) is 4.88.